The lowest BCUT2D eigenvalue weighted by molar-refractivity contribution is 0.0794. The van der Waals surface area contributed by atoms with Gasteiger partial charge in [-0.3, -0.25) is 4.79 Å². The molecule has 0 aliphatic heterocycles. The third-order valence-electron chi connectivity index (χ3n) is 2.60. The van der Waals surface area contributed by atoms with E-state index in [9.17, 15) is 4.79 Å². The maximum absolute atomic E-state index is 12.3. The predicted molar refractivity (Wildman–Crippen MR) is 75.9 cm³/mol. The Hall–Kier alpha value is -2.73. The molecular formula is C15H17N3O3. The van der Waals surface area contributed by atoms with Gasteiger partial charge in [0.05, 0.1) is 25.4 Å². The zero-order valence-electron chi connectivity index (χ0n) is 12.1. The van der Waals surface area contributed by atoms with E-state index >= 15 is 0 Å². The minimum atomic E-state index is -0.387. The molecule has 0 unspecified atom stereocenters. The number of rotatable bonds is 7. The molecule has 0 aliphatic rings. The molecule has 0 aliphatic carbocycles. The van der Waals surface area contributed by atoms with Gasteiger partial charge in [0.2, 0.25) is 0 Å². The molecule has 1 amide bonds. The van der Waals surface area contributed by atoms with Crippen LogP contribution >= 0.6 is 0 Å². The molecule has 0 saturated heterocycles. The fourth-order valence-electron chi connectivity index (χ4n) is 1.74. The Morgan fingerprint density at radius 1 is 1.10 bits per heavy atom. The number of benzene rings is 1. The third-order valence-corrected chi connectivity index (χ3v) is 2.60. The maximum Gasteiger partial charge on any atom is 0.255 e. The first-order valence-electron chi connectivity index (χ1n) is 6.60. The average Bonchev–Trinajstić information content (AvgIpc) is 2.48. The number of ether oxygens (including phenoxy) is 2. The molecule has 0 N–H and O–H groups in total. The molecule has 0 fully saturated rings. The van der Waals surface area contributed by atoms with Gasteiger partial charge in [-0.2, -0.15) is 10.5 Å². The third kappa shape index (κ3) is 4.39. The SMILES string of the molecule is CCOc1ccc(C(=O)N(CC#N)CC#N)cc1OCC. The lowest BCUT2D eigenvalue weighted by Crippen LogP contribution is -2.31. The second kappa shape index (κ2) is 8.44. The number of carbonyl (C=O) groups is 1. The Morgan fingerprint density at radius 2 is 1.67 bits per heavy atom. The van der Waals surface area contributed by atoms with Crippen LogP contribution in [0.2, 0.25) is 0 Å². The fraction of sp³-hybridized carbons (Fsp3) is 0.400. The standard InChI is InChI=1S/C15H17N3O3/c1-3-20-13-6-5-12(11-14(13)21-4-2)15(19)18(9-7-16)10-8-17/h5-6,11H,3-4,9-10H2,1-2H3. The number of nitrogens with zero attached hydrogens (tertiary/aromatic N) is 3. The van der Waals surface area contributed by atoms with Crippen LogP contribution in [0.15, 0.2) is 18.2 Å². The first-order valence-corrected chi connectivity index (χ1v) is 6.60. The highest BCUT2D eigenvalue weighted by atomic mass is 16.5. The number of hydrogen-bond donors (Lipinski definition) is 0. The molecule has 6 nitrogen and oxygen atoms in total. The molecule has 0 bridgehead atoms. The van der Waals surface area contributed by atoms with Crippen LogP contribution in [-0.4, -0.2) is 37.1 Å². The summed E-state index contributed by atoms with van der Waals surface area (Å²) in [5, 5.41) is 17.4. The van der Waals surface area contributed by atoms with Gasteiger partial charge in [0.15, 0.2) is 11.5 Å². The van der Waals surface area contributed by atoms with Gasteiger partial charge in [-0.25, -0.2) is 0 Å². The first-order chi connectivity index (χ1) is 10.2. The van der Waals surface area contributed by atoms with Crippen LogP contribution in [0.1, 0.15) is 24.2 Å². The summed E-state index contributed by atoms with van der Waals surface area (Å²) < 4.78 is 10.9. The molecule has 6 heteroatoms. The topological polar surface area (TPSA) is 86.4 Å². The van der Waals surface area contributed by atoms with Gasteiger partial charge in [0.1, 0.15) is 13.1 Å². The van der Waals surface area contributed by atoms with E-state index in [1.807, 2.05) is 26.0 Å². The van der Waals surface area contributed by atoms with Crippen molar-refractivity contribution in [3.8, 4) is 23.6 Å². The molecule has 0 atom stereocenters. The van der Waals surface area contributed by atoms with E-state index in [1.54, 1.807) is 18.2 Å². The zero-order valence-corrected chi connectivity index (χ0v) is 12.1. The lowest BCUT2D eigenvalue weighted by atomic mass is 10.1. The number of amides is 1. The summed E-state index contributed by atoms with van der Waals surface area (Å²) >= 11 is 0. The summed E-state index contributed by atoms with van der Waals surface area (Å²) in [4.78, 5) is 13.4. The van der Waals surface area contributed by atoms with Gasteiger partial charge in [-0.1, -0.05) is 0 Å². The Bertz CT molecular complexity index is 557. The summed E-state index contributed by atoms with van der Waals surface area (Å²) in [5.74, 6) is 0.643. The lowest BCUT2D eigenvalue weighted by Gasteiger charge is -2.17. The first kappa shape index (κ1) is 16.3. The van der Waals surface area contributed by atoms with E-state index in [0.29, 0.717) is 30.3 Å². The molecule has 110 valence electrons. The van der Waals surface area contributed by atoms with E-state index in [4.69, 9.17) is 20.0 Å². The monoisotopic (exact) mass is 287 g/mol. The van der Waals surface area contributed by atoms with Crippen molar-refractivity contribution in [2.45, 2.75) is 13.8 Å². The van der Waals surface area contributed by atoms with Crippen molar-refractivity contribution in [2.24, 2.45) is 0 Å². The molecule has 0 spiro atoms. The van der Waals surface area contributed by atoms with Crippen molar-refractivity contribution in [3.63, 3.8) is 0 Å². The van der Waals surface area contributed by atoms with Crippen molar-refractivity contribution in [1.29, 1.82) is 10.5 Å². The highest BCUT2D eigenvalue weighted by molar-refractivity contribution is 5.95. The number of hydrogen-bond acceptors (Lipinski definition) is 5. The van der Waals surface area contributed by atoms with Crippen molar-refractivity contribution >= 4 is 5.91 Å². The molecule has 0 aromatic heterocycles. The van der Waals surface area contributed by atoms with Crippen LogP contribution in [0.3, 0.4) is 0 Å². The fourth-order valence-corrected chi connectivity index (χ4v) is 1.74. The maximum atomic E-state index is 12.3. The smallest absolute Gasteiger partial charge is 0.255 e. The Morgan fingerprint density at radius 3 is 2.19 bits per heavy atom. The van der Waals surface area contributed by atoms with E-state index in [-0.39, 0.29) is 19.0 Å². The van der Waals surface area contributed by atoms with Crippen molar-refractivity contribution in [1.82, 2.24) is 4.90 Å². The molecule has 1 aromatic rings. The minimum absolute atomic E-state index is 0.135. The van der Waals surface area contributed by atoms with Gasteiger partial charge in [-0.15, -0.1) is 0 Å². The minimum Gasteiger partial charge on any atom is -0.490 e. The normalized spacial score (nSPS) is 9.33. The van der Waals surface area contributed by atoms with E-state index in [2.05, 4.69) is 0 Å². The number of nitriles is 2. The van der Waals surface area contributed by atoms with Crippen LogP contribution in [0.4, 0.5) is 0 Å². The van der Waals surface area contributed by atoms with Gasteiger partial charge in [0.25, 0.3) is 5.91 Å². The van der Waals surface area contributed by atoms with Crippen LogP contribution in [0.5, 0.6) is 11.5 Å². The highest BCUT2D eigenvalue weighted by Gasteiger charge is 2.17. The number of carbonyl (C=O) groups excluding carboxylic acids is 1. The average molecular weight is 287 g/mol. The zero-order chi connectivity index (χ0) is 15.7. The predicted octanol–water partition coefficient (Wildman–Crippen LogP) is 1.97. The molecular weight excluding hydrogens is 270 g/mol. The van der Waals surface area contributed by atoms with Crippen molar-refractivity contribution in [2.75, 3.05) is 26.3 Å². The van der Waals surface area contributed by atoms with Gasteiger partial charge >= 0.3 is 0 Å². The Balaban J connectivity index is 3.07. The van der Waals surface area contributed by atoms with Crippen LogP contribution < -0.4 is 9.47 Å². The quantitative estimate of drug-likeness (QED) is 0.716. The van der Waals surface area contributed by atoms with Gasteiger partial charge < -0.3 is 14.4 Å². The van der Waals surface area contributed by atoms with Crippen molar-refractivity contribution in [3.05, 3.63) is 23.8 Å². The second-order valence-corrected chi connectivity index (χ2v) is 4.00. The second-order valence-electron chi connectivity index (χ2n) is 4.00. The highest BCUT2D eigenvalue weighted by Crippen LogP contribution is 2.29. The van der Waals surface area contributed by atoms with E-state index in [0.717, 1.165) is 0 Å². The Kier molecular flexibility index (Phi) is 6.56. The largest absolute Gasteiger partial charge is 0.490 e. The molecule has 0 saturated carbocycles. The van der Waals surface area contributed by atoms with Crippen LogP contribution in [-0.2, 0) is 0 Å². The van der Waals surface area contributed by atoms with E-state index in [1.165, 1.54) is 4.90 Å². The summed E-state index contributed by atoms with van der Waals surface area (Å²) in [7, 11) is 0. The van der Waals surface area contributed by atoms with Crippen LogP contribution in [0, 0.1) is 22.7 Å². The summed E-state index contributed by atoms with van der Waals surface area (Å²) in [5.41, 5.74) is 0.354. The molecule has 1 rings (SSSR count). The van der Waals surface area contributed by atoms with E-state index < -0.39 is 0 Å². The van der Waals surface area contributed by atoms with Crippen molar-refractivity contribution < 1.29 is 14.3 Å². The van der Waals surface area contributed by atoms with Crippen LogP contribution in [0.25, 0.3) is 0 Å². The molecule has 1 aromatic carbocycles. The molecule has 21 heavy (non-hydrogen) atoms. The summed E-state index contributed by atoms with van der Waals surface area (Å²) in [6.45, 7) is 4.35. The molecule has 0 heterocycles. The Labute approximate surface area is 124 Å². The van der Waals surface area contributed by atoms with Gasteiger partial charge in [0, 0.05) is 5.56 Å². The summed E-state index contributed by atoms with van der Waals surface area (Å²) in [6, 6.07) is 8.56. The summed E-state index contributed by atoms with van der Waals surface area (Å²) in [6.07, 6.45) is 0. The van der Waals surface area contributed by atoms with Gasteiger partial charge in [-0.05, 0) is 32.0 Å². The molecule has 0 radical (unpaired) electrons.